The first-order chi connectivity index (χ1) is 5.27. The van der Waals surface area contributed by atoms with E-state index in [-0.39, 0.29) is 6.61 Å². The van der Waals surface area contributed by atoms with Gasteiger partial charge in [0, 0.05) is 11.1 Å². The molecule has 0 spiro atoms. The van der Waals surface area contributed by atoms with Crippen LogP contribution in [0.3, 0.4) is 0 Å². The van der Waals surface area contributed by atoms with Gasteiger partial charge in [0.05, 0.1) is 17.3 Å². The zero-order valence-electron chi connectivity index (χ0n) is 6.04. The monoisotopic (exact) mass is 189 g/mol. The summed E-state index contributed by atoms with van der Waals surface area (Å²) in [6, 6.07) is 1.80. The van der Waals surface area contributed by atoms with Crippen molar-refractivity contribution < 1.29 is 5.11 Å². The second-order valence-electron chi connectivity index (χ2n) is 1.96. The Balaban J connectivity index is 3.06. The molecule has 0 saturated heterocycles. The van der Waals surface area contributed by atoms with Crippen molar-refractivity contribution in [2.45, 2.75) is 11.5 Å². The minimum absolute atomic E-state index is 0.0344. The molecule has 60 valence electrons. The molecule has 0 unspecified atom stereocenters. The van der Waals surface area contributed by atoms with Gasteiger partial charge in [-0.3, -0.25) is 4.98 Å². The van der Waals surface area contributed by atoms with Gasteiger partial charge in [-0.15, -0.1) is 11.8 Å². The van der Waals surface area contributed by atoms with Crippen LogP contribution in [-0.4, -0.2) is 16.3 Å². The van der Waals surface area contributed by atoms with Crippen LogP contribution >= 0.6 is 23.4 Å². The number of hydrogen-bond donors (Lipinski definition) is 1. The van der Waals surface area contributed by atoms with Crippen LogP contribution in [0.25, 0.3) is 0 Å². The predicted octanol–water partition coefficient (Wildman–Crippen LogP) is 1.95. The molecule has 1 aromatic rings. The van der Waals surface area contributed by atoms with Crippen LogP contribution in [0.1, 0.15) is 5.69 Å². The molecule has 0 aliphatic heterocycles. The van der Waals surface area contributed by atoms with Crippen LogP contribution in [-0.2, 0) is 6.61 Å². The SMILES string of the molecule is CSc1cc(Cl)cnc1CO. The maximum atomic E-state index is 8.82. The Morgan fingerprint density at radius 2 is 2.45 bits per heavy atom. The Morgan fingerprint density at radius 1 is 1.73 bits per heavy atom. The summed E-state index contributed by atoms with van der Waals surface area (Å²) >= 11 is 7.22. The molecule has 0 radical (unpaired) electrons. The lowest BCUT2D eigenvalue weighted by molar-refractivity contribution is 0.273. The number of thioether (sulfide) groups is 1. The second-order valence-corrected chi connectivity index (χ2v) is 3.25. The number of aromatic nitrogens is 1. The molecule has 1 heterocycles. The summed E-state index contributed by atoms with van der Waals surface area (Å²) in [5, 5.41) is 9.42. The third-order valence-corrected chi connectivity index (χ3v) is 2.27. The highest BCUT2D eigenvalue weighted by Crippen LogP contribution is 2.21. The van der Waals surface area contributed by atoms with E-state index in [4.69, 9.17) is 16.7 Å². The molecule has 0 bridgehead atoms. The molecule has 1 N–H and O–H groups in total. The van der Waals surface area contributed by atoms with Crippen molar-refractivity contribution in [2.24, 2.45) is 0 Å². The summed E-state index contributed by atoms with van der Waals surface area (Å²) in [4.78, 5) is 4.90. The van der Waals surface area contributed by atoms with E-state index in [2.05, 4.69) is 4.98 Å². The van der Waals surface area contributed by atoms with E-state index >= 15 is 0 Å². The predicted molar refractivity (Wildman–Crippen MR) is 47.0 cm³/mol. The summed E-state index contributed by atoms with van der Waals surface area (Å²) in [6.07, 6.45) is 3.46. The lowest BCUT2D eigenvalue weighted by atomic mass is 10.4. The normalized spacial score (nSPS) is 10.1. The Labute approximate surface area is 74.6 Å². The van der Waals surface area contributed by atoms with Crippen molar-refractivity contribution in [1.29, 1.82) is 0 Å². The maximum Gasteiger partial charge on any atom is 0.0864 e. The van der Waals surface area contributed by atoms with Crippen molar-refractivity contribution in [3.8, 4) is 0 Å². The summed E-state index contributed by atoms with van der Waals surface area (Å²) in [6.45, 7) is -0.0344. The zero-order chi connectivity index (χ0) is 8.27. The van der Waals surface area contributed by atoms with Crippen molar-refractivity contribution in [3.63, 3.8) is 0 Å². The molecule has 1 rings (SSSR count). The van der Waals surface area contributed by atoms with Gasteiger partial charge >= 0.3 is 0 Å². The topological polar surface area (TPSA) is 33.1 Å². The quantitative estimate of drug-likeness (QED) is 0.722. The lowest BCUT2D eigenvalue weighted by Crippen LogP contribution is -1.91. The van der Waals surface area contributed by atoms with Gasteiger partial charge in [0.25, 0.3) is 0 Å². The standard InChI is InChI=1S/C7H8ClNOS/c1-11-7-2-5(8)3-9-6(7)4-10/h2-3,10H,4H2,1H3. The minimum atomic E-state index is -0.0344. The average molecular weight is 190 g/mol. The van der Waals surface area contributed by atoms with Crippen molar-refractivity contribution in [1.82, 2.24) is 4.98 Å². The second kappa shape index (κ2) is 3.95. The van der Waals surface area contributed by atoms with Gasteiger partial charge in [0.1, 0.15) is 0 Å². The molecule has 2 nitrogen and oxygen atoms in total. The van der Waals surface area contributed by atoms with Gasteiger partial charge in [-0.05, 0) is 12.3 Å². The Bertz CT molecular complexity index is 254. The first-order valence-corrected chi connectivity index (χ1v) is 4.67. The number of aliphatic hydroxyl groups excluding tert-OH is 1. The Kier molecular flexibility index (Phi) is 3.17. The van der Waals surface area contributed by atoms with E-state index in [0.29, 0.717) is 10.7 Å². The maximum absolute atomic E-state index is 8.82. The minimum Gasteiger partial charge on any atom is -0.390 e. The van der Waals surface area contributed by atoms with Crippen LogP contribution < -0.4 is 0 Å². The molecule has 0 aliphatic rings. The van der Waals surface area contributed by atoms with E-state index < -0.39 is 0 Å². The third kappa shape index (κ3) is 2.09. The molecular weight excluding hydrogens is 182 g/mol. The molecule has 0 aliphatic carbocycles. The first-order valence-electron chi connectivity index (χ1n) is 3.07. The number of pyridine rings is 1. The number of aliphatic hydroxyl groups is 1. The van der Waals surface area contributed by atoms with Crippen molar-refractivity contribution in [3.05, 3.63) is 23.0 Å². The van der Waals surface area contributed by atoms with Gasteiger partial charge in [0.2, 0.25) is 0 Å². The molecule has 0 atom stereocenters. The summed E-state index contributed by atoms with van der Waals surface area (Å²) in [5.74, 6) is 0. The molecule has 11 heavy (non-hydrogen) atoms. The van der Waals surface area contributed by atoms with Gasteiger partial charge in [-0.25, -0.2) is 0 Å². The number of hydrogen-bond acceptors (Lipinski definition) is 3. The lowest BCUT2D eigenvalue weighted by Gasteiger charge is -2.02. The van der Waals surface area contributed by atoms with E-state index in [0.717, 1.165) is 4.90 Å². The Morgan fingerprint density at radius 3 is 3.00 bits per heavy atom. The Hall–Kier alpha value is -0.250. The summed E-state index contributed by atoms with van der Waals surface area (Å²) < 4.78 is 0. The third-order valence-electron chi connectivity index (χ3n) is 1.27. The fourth-order valence-corrected chi connectivity index (χ4v) is 1.56. The van der Waals surface area contributed by atoms with Crippen LogP contribution in [0.4, 0.5) is 0 Å². The smallest absolute Gasteiger partial charge is 0.0864 e. The first kappa shape index (κ1) is 8.84. The van der Waals surface area contributed by atoms with Gasteiger partial charge in [0.15, 0.2) is 0 Å². The number of rotatable bonds is 2. The largest absolute Gasteiger partial charge is 0.390 e. The molecule has 1 aromatic heterocycles. The molecule has 0 amide bonds. The van der Waals surface area contributed by atoms with E-state index in [9.17, 15) is 0 Å². The van der Waals surface area contributed by atoms with Crippen LogP contribution in [0, 0.1) is 0 Å². The van der Waals surface area contributed by atoms with E-state index in [1.54, 1.807) is 6.07 Å². The highest BCUT2D eigenvalue weighted by Gasteiger charge is 2.01. The van der Waals surface area contributed by atoms with Crippen molar-refractivity contribution in [2.75, 3.05) is 6.26 Å². The fraction of sp³-hybridized carbons (Fsp3) is 0.286. The highest BCUT2D eigenvalue weighted by atomic mass is 35.5. The van der Waals surface area contributed by atoms with Gasteiger partial charge in [-0.2, -0.15) is 0 Å². The van der Waals surface area contributed by atoms with Crippen LogP contribution in [0.15, 0.2) is 17.2 Å². The average Bonchev–Trinajstić information content (AvgIpc) is 2.04. The summed E-state index contributed by atoms with van der Waals surface area (Å²) in [5.41, 5.74) is 0.682. The van der Waals surface area contributed by atoms with Crippen LogP contribution in [0.5, 0.6) is 0 Å². The number of halogens is 1. The molecule has 0 aromatic carbocycles. The number of nitrogens with zero attached hydrogens (tertiary/aromatic N) is 1. The summed E-state index contributed by atoms with van der Waals surface area (Å²) in [7, 11) is 0. The molecule has 0 fully saturated rings. The molecule has 4 heteroatoms. The molecule has 0 saturated carbocycles. The van der Waals surface area contributed by atoms with E-state index in [1.165, 1.54) is 18.0 Å². The molecular formula is C7H8ClNOS. The highest BCUT2D eigenvalue weighted by molar-refractivity contribution is 7.98. The van der Waals surface area contributed by atoms with Crippen LogP contribution in [0.2, 0.25) is 5.02 Å². The van der Waals surface area contributed by atoms with E-state index in [1.807, 2.05) is 6.26 Å². The van der Waals surface area contributed by atoms with Gasteiger partial charge < -0.3 is 5.11 Å². The zero-order valence-corrected chi connectivity index (χ0v) is 7.61. The van der Waals surface area contributed by atoms with Gasteiger partial charge in [-0.1, -0.05) is 11.6 Å². The fourth-order valence-electron chi connectivity index (χ4n) is 0.744. The van der Waals surface area contributed by atoms with Crippen molar-refractivity contribution >= 4 is 23.4 Å².